The average molecular weight is 371 g/mol. The highest BCUT2D eigenvalue weighted by molar-refractivity contribution is 7.09. The first kappa shape index (κ1) is 18.9. The Morgan fingerprint density at radius 3 is 2.92 bits per heavy atom. The van der Waals surface area contributed by atoms with Gasteiger partial charge in [-0.3, -0.25) is 4.99 Å². The van der Waals surface area contributed by atoms with Gasteiger partial charge >= 0.3 is 0 Å². The molecule has 0 bridgehead atoms. The molecule has 2 heterocycles. The molecule has 1 fully saturated rings. The maximum absolute atomic E-state index is 4.87. The topological polar surface area (TPSA) is 40.5 Å². The summed E-state index contributed by atoms with van der Waals surface area (Å²) in [7, 11) is 0. The van der Waals surface area contributed by atoms with E-state index >= 15 is 0 Å². The minimum atomic E-state index is 0.722. The van der Waals surface area contributed by atoms with Gasteiger partial charge in [0.05, 0.1) is 5.01 Å². The number of thiazole rings is 1. The van der Waals surface area contributed by atoms with Gasteiger partial charge in [0, 0.05) is 43.7 Å². The molecule has 1 aromatic carbocycles. The second kappa shape index (κ2) is 9.72. The number of likely N-dealkylation sites (tertiary alicyclic amines) is 1. The highest BCUT2D eigenvalue weighted by Crippen LogP contribution is 2.21. The van der Waals surface area contributed by atoms with Crippen LogP contribution in [0.1, 0.15) is 36.0 Å². The van der Waals surface area contributed by atoms with Crippen LogP contribution in [0, 0.1) is 12.8 Å². The Morgan fingerprint density at radius 1 is 1.35 bits per heavy atom. The lowest BCUT2D eigenvalue weighted by Crippen LogP contribution is -2.40. The van der Waals surface area contributed by atoms with E-state index in [0.717, 1.165) is 56.6 Å². The van der Waals surface area contributed by atoms with Gasteiger partial charge in [-0.2, -0.15) is 0 Å². The van der Waals surface area contributed by atoms with Gasteiger partial charge in [0.25, 0.3) is 0 Å². The average Bonchev–Trinajstić information content (AvgIpc) is 3.28. The van der Waals surface area contributed by atoms with Crippen molar-refractivity contribution in [3.63, 3.8) is 0 Å². The number of aliphatic imine (C=N–C) groups is 1. The molecule has 26 heavy (non-hydrogen) atoms. The number of guanidine groups is 1. The van der Waals surface area contributed by atoms with E-state index in [1.165, 1.54) is 23.4 Å². The van der Waals surface area contributed by atoms with E-state index in [2.05, 4.69) is 64.8 Å². The number of rotatable bonds is 7. The third-order valence-corrected chi connectivity index (χ3v) is 5.79. The van der Waals surface area contributed by atoms with Gasteiger partial charge in [-0.15, -0.1) is 11.3 Å². The van der Waals surface area contributed by atoms with Gasteiger partial charge in [0.2, 0.25) is 0 Å². The van der Waals surface area contributed by atoms with Gasteiger partial charge < -0.3 is 10.2 Å². The second-order valence-corrected chi connectivity index (χ2v) is 7.95. The normalized spacial score (nSPS) is 17.7. The quantitative estimate of drug-likeness (QED) is 0.456. The maximum atomic E-state index is 4.87. The molecule has 1 aromatic heterocycles. The summed E-state index contributed by atoms with van der Waals surface area (Å²) in [4.78, 5) is 11.8. The number of nitrogens with one attached hydrogen (secondary N) is 1. The summed E-state index contributed by atoms with van der Waals surface area (Å²) in [6, 6.07) is 10.8. The number of aryl methyl sites for hydroxylation is 2. The predicted octanol–water partition coefficient (Wildman–Crippen LogP) is 3.91. The molecule has 1 aliphatic heterocycles. The molecule has 1 aliphatic rings. The lowest BCUT2D eigenvalue weighted by molar-refractivity contribution is 0.459. The monoisotopic (exact) mass is 370 g/mol. The Hall–Kier alpha value is -1.88. The molecule has 2 aromatic rings. The second-order valence-electron chi connectivity index (χ2n) is 7.01. The molecule has 0 radical (unpaired) electrons. The van der Waals surface area contributed by atoms with Crippen molar-refractivity contribution in [3.05, 3.63) is 52.0 Å². The van der Waals surface area contributed by atoms with E-state index in [-0.39, 0.29) is 0 Å². The van der Waals surface area contributed by atoms with Gasteiger partial charge in [-0.05, 0) is 44.6 Å². The van der Waals surface area contributed by atoms with Crippen molar-refractivity contribution < 1.29 is 0 Å². The number of aromatic nitrogens is 1. The molecule has 3 rings (SSSR count). The Morgan fingerprint density at radius 2 is 2.19 bits per heavy atom. The first-order chi connectivity index (χ1) is 12.7. The SMILES string of the molecule is CCNC(=NCCCc1nc(C)cs1)N1CCC(Cc2ccccc2)C1. The smallest absolute Gasteiger partial charge is 0.193 e. The van der Waals surface area contributed by atoms with Crippen LogP contribution in [0.5, 0.6) is 0 Å². The minimum absolute atomic E-state index is 0.722. The fourth-order valence-corrected chi connectivity index (χ4v) is 4.32. The van der Waals surface area contributed by atoms with Crippen molar-refractivity contribution in [2.75, 3.05) is 26.2 Å². The van der Waals surface area contributed by atoms with E-state index in [0.29, 0.717) is 0 Å². The molecule has 1 N–H and O–H groups in total. The standard InChI is InChI=1S/C21H30N4S/c1-3-22-21(23-12-7-10-20-24-17(2)16-26-20)25-13-11-19(15-25)14-18-8-5-4-6-9-18/h4-6,8-9,16,19H,3,7,10-15H2,1-2H3,(H,22,23). The van der Waals surface area contributed by atoms with E-state index in [1.54, 1.807) is 11.3 Å². The summed E-state index contributed by atoms with van der Waals surface area (Å²) in [6.45, 7) is 8.19. The van der Waals surface area contributed by atoms with Crippen LogP contribution < -0.4 is 5.32 Å². The summed E-state index contributed by atoms with van der Waals surface area (Å²) in [5.41, 5.74) is 2.57. The van der Waals surface area contributed by atoms with Crippen molar-refractivity contribution in [1.29, 1.82) is 0 Å². The van der Waals surface area contributed by atoms with Crippen molar-refractivity contribution >= 4 is 17.3 Å². The molecular weight excluding hydrogens is 340 g/mol. The molecule has 0 spiro atoms. The Kier molecular flexibility index (Phi) is 7.06. The summed E-state index contributed by atoms with van der Waals surface area (Å²) in [5, 5.41) is 6.83. The first-order valence-corrected chi connectivity index (χ1v) is 10.6. The van der Waals surface area contributed by atoms with Gasteiger partial charge in [-0.25, -0.2) is 4.98 Å². The van der Waals surface area contributed by atoms with Crippen molar-refractivity contribution in [1.82, 2.24) is 15.2 Å². The zero-order valence-electron chi connectivity index (χ0n) is 15.9. The van der Waals surface area contributed by atoms with Crippen LogP contribution in [-0.2, 0) is 12.8 Å². The van der Waals surface area contributed by atoms with Crippen molar-refractivity contribution in [2.24, 2.45) is 10.9 Å². The highest BCUT2D eigenvalue weighted by atomic mass is 32.1. The van der Waals surface area contributed by atoms with Crippen molar-refractivity contribution in [3.8, 4) is 0 Å². The van der Waals surface area contributed by atoms with E-state index in [1.807, 2.05) is 0 Å². The third-order valence-electron chi connectivity index (χ3n) is 4.76. The first-order valence-electron chi connectivity index (χ1n) is 9.72. The van der Waals surface area contributed by atoms with Gasteiger partial charge in [-0.1, -0.05) is 30.3 Å². The molecule has 140 valence electrons. The van der Waals surface area contributed by atoms with Crippen LogP contribution >= 0.6 is 11.3 Å². The number of benzene rings is 1. The fraction of sp³-hybridized carbons (Fsp3) is 0.524. The maximum Gasteiger partial charge on any atom is 0.193 e. The molecule has 1 saturated heterocycles. The zero-order chi connectivity index (χ0) is 18.2. The van der Waals surface area contributed by atoms with Gasteiger partial charge in [0.1, 0.15) is 0 Å². The fourth-order valence-electron chi connectivity index (χ4n) is 3.50. The van der Waals surface area contributed by atoms with Crippen LogP contribution in [0.25, 0.3) is 0 Å². The third kappa shape index (κ3) is 5.56. The molecule has 0 amide bonds. The summed E-state index contributed by atoms with van der Waals surface area (Å²) in [5.74, 6) is 1.80. The van der Waals surface area contributed by atoms with Crippen LogP contribution in [-0.4, -0.2) is 42.0 Å². The largest absolute Gasteiger partial charge is 0.357 e. The van der Waals surface area contributed by atoms with Crippen LogP contribution in [0.3, 0.4) is 0 Å². The Balaban J connectivity index is 1.49. The zero-order valence-corrected chi connectivity index (χ0v) is 16.8. The number of hydrogen-bond donors (Lipinski definition) is 1. The predicted molar refractivity (Wildman–Crippen MR) is 111 cm³/mol. The minimum Gasteiger partial charge on any atom is -0.357 e. The Labute approximate surface area is 161 Å². The summed E-state index contributed by atoms with van der Waals surface area (Å²) < 4.78 is 0. The molecule has 0 aliphatic carbocycles. The van der Waals surface area contributed by atoms with E-state index < -0.39 is 0 Å². The van der Waals surface area contributed by atoms with Gasteiger partial charge in [0.15, 0.2) is 5.96 Å². The van der Waals surface area contributed by atoms with Crippen LogP contribution in [0.15, 0.2) is 40.7 Å². The molecule has 5 heteroatoms. The Bertz CT molecular complexity index is 695. The highest BCUT2D eigenvalue weighted by Gasteiger charge is 2.24. The molecular formula is C21H30N4S. The molecule has 4 nitrogen and oxygen atoms in total. The summed E-state index contributed by atoms with van der Waals surface area (Å²) in [6.07, 6.45) is 4.50. The van der Waals surface area contributed by atoms with E-state index in [4.69, 9.17) is 4.99 Å². The summed E-state index contributed by atoms with van der Waals surface area (Å²) >= 11 is 1.76. The van der Waals surface area contributed by atoms with Crippen LogP contribution in [0.4, 0.5) is 0 Å². The molecule has 1 unspecified atom stereocenters. The lowest BCUT2D eigenvalue weighted by Gasteiger charge is -2.21. The number of hydrogen-bond acceptors (Lipinski definition) is 3. The number of nitrogens with zero attached hydrogens (tertiary/aromatic N) is 3. The lowest BCUT2D eigenvalue weighted by atomic mass is 9.99. The molecule has 1 atom stereocenters. The molecule has 0 saturated carbocycles. The van der Waals surface area contributed by atoms with E-state index in [9.17, 15) is 0 Å². The van der Waals surface area contributed by atoms with Crippen molar-refractivity contribution in [2.45, 2.75) is 39.5 Å². The van der Waals surface area contributed by atoms with Crippen LogP contribution in [0.2, 0.25) is 0 Å².